The number of halogens is 1. The minimum Gasteiger partial charge on any atom is -0.479 e. The van der Waals surface area contributed by atoms with Crippen molar-refractivity contribution in [3.8, 4) is 5.88 Å². The Kier molecular flexibility index (Phi) is 4.02. The Morgan fingerprint density at radius 1 is 1.24 bits per heavy atom. The number of ether oxygens (including phenoxy) is 1. The Morgan fingerprint density at radius 2 is 1.95 bits per heavy atom. The Bertz CT molecular complexity index is 632. The van der Waals surface area contributed by atoms with Crippen LogP contribution in [0.25, 0.3) is 11.2 Å². The van der Waals surface area contributed by atoms with Crippen molar-refractivity contribution in [2.24, 2.45) is 11.8 Å². The average molecular weight is 309 g/mol. The molecule has 1 saturated carbocycles. The highest BCUT2D eigenvalue weighted by atomic mass is 35.5. The van der Waals surface area contributed by atoms with Gasteiger partial charge in [-0.3, -0.25) is 0 Å². The van der Waals surface area contributed by atoms with Crippen LogP contribution >= 0.6 is 11.6 Å². The van der Waals surface area contributed by atoms with Gasteiger partial charge in [-0.1, -0.05) is 13.8 Å². The van der Waals surface area contributed by atoms with Crippen LogP contribution in [0.15, 0.2) is 6.33 Å². The average Bonchev–Trinajstić information content (AvgIpc) is 2.84. The van der Waals surface area contributed by atoms with Gasteiger partial charge < -0.3 is 9.30 Å². The maximum absolute atomic E-state index is 6.12. The van der Waals surface area contributed by atoms with Crippen LogP contribution in [0.2, 0.25) is 0 Å². The lowest BCUT2D eigenvalue weighted by molar-refractivity contribution is 0.222. The summed E-state index contributed by atoms with van der Waals surface area (Å²) < 4.78 is 7.51. The van der Waals surface area contributed by atoms with Gasteiger partial charge >= 0.3 is 0 Å². The zero-order valence-electron chi connectivity index (χ0n) is 12.7. The minimum absolute atomic E-state index is 0.374. The van der Waals surface area contributed by atoms with Crippen LogP contribution in [0.3, 0.4) is 0 Å². The first-order valence-electron chi connectivity index (χ1n) is 7.45. The molecule has 0 aliphatic heterocycles. The van der Waals surface area contributed by atoms with Crippen LogP contribution in [-0.4, -0.2) is 26.6 Å². The third-order valence-corrected chi connectivity index (χ3v) is 4.59. The Morgan fingerprint density at radius 3 is 2.57 bits per heavy atom. The first-order chi connectivity index (χ1) is 10.1. The monoisotopic (exact) mass is 308 g/mol. The molecule has 1 aliphatic rings. The standard InChI is InChI=1S/C15H21ClN4O/c1-9-4-10(2)6-11(5-9)20-12(7-16)19-13-14(20)17-8-18-15(13)21-3/h8-11H,4-7H2,1-3H3. The van der Waals surface area contributed by atoms with Crippen molar-refractivity contribution in [2.45, 2.75) is 45.0 Å². The molecule has 2 unspecified atom stereocenters. The highest BCUT2D eigenvalue weighted by Crippen LogP contribution is 2.38. The second kappa shape index (κ2) is 5.79. The van der Waals surface area contributed by atoms with Crippen molar-refractivity contribution in [1.29, 1.82) is 0 Å². The Balaban J connectivity index is 2.12. The minimum atomic E-state index is 0.374. The third-order valence-electron chi connectivity index (χ3n) is 4.35. The summed E-state index contributed by atoms with van der Waals surface area (Å²) in [7, 11) is 1.60. The van der Waals surface area contributed by atoms with E-state index in [4.69, 9.17) is 16.3 Å². The summed E-state index contributed by atoms with van der Waals surface area (Å²) in [6, 6.07) is 0.405. The molecule has 0 spiro atoms. The van der Waals surface area contributed by atoms with E-state index in [9.17, 15) is 0 Å². The quantitative estimate of drug-likeness (QED) is 0.813. The van der Waals surface area contributed by atoms with E-state index in [1.54, 1.807) is 7.11 Å². The molecule has 1 aliphatic carbocycles. The van der Waals surface area contributed by atoms with Gasteiger partial charge in [0.2, 0.25) is 5.88 Å². The second-order valence-corrected chi connectivity index (χ2v) is 6.43. The van der Waals surface area contributed by atoms with Crippen LogP contribution in [0.1, 0.15) is 45.0 Å². The zero-order valence-corrected chi connectivity index (χ0v) is 13.5. The van der Waals surface area contributed by atoms with E-state index in [-0.39, 0.29) is 0 Å². The van der Waals surface area contributed by atoms with E-state index in [2.05, 4.69) is 33.4 Å². The highest BCUT2D eigenvalue weighted by Gasteiger charge is 2.29. The fourth-order valence-electron chi connectivity index (χ4n) is 3.68. The summed E-state index contributed by atoms with van der Waals surface area (Å²) in [6.45, 7) is 4.63. The highest BCUT2D eigenvalue weighted by molar-refractivity contribution is 6.16. The maximum atomic E-state index is 6.12. The lowest BCUT2D eigenvalue weighted by Gasteiger charge is -2.33. The molecule has 2 atom stereocenters. The van der Waals surface area contributed by atoms with Crippen molar-refractivity contribution < 1.29 is 4.74 Å². The summed E-state index contributed by atoms with van der Waals surface area (Å²) >= 11 is 6.12. The molecule has 2 aromatic rings. The van der Waals surface area contributed by atoms with Gasteiger partial charge in [0.15, 0.2) is 11.2 Å². The lowest BCUT2D eigenvalue weighted by Crippen LogP contribution is -2.24. The van der Waals surface area contributed by atoms with Crippen LogP contribution in [-0.2, 0) is 5.88 Å². The van der Waals surface area contributed by atoms with E-state index < -0.39 is 0 Å². The van der Waals surface area contributed by atoms with Crippen LogP contribution in [0.4, 0.5) is 0 Å². The first kappa shape index (κ1) is 14.6. The molecule has 0 aromatic carbocycles. The summed E-state index contributed by atoms with van der Waals surface area (Å²) in [5.41, 5.74) is 1.55. The number of methoxy groups -OCH3 is 1. The number of imidazole rings is 1. The fourth-order valence-corrected chi connectivity index (χ4v) is 3.86. The summed E-state index contributed by atoms with van der Waals surface area (Å²) in [4.78, 5) is 13.2. The predicted molar refractivity (Wildman–Crippen MR) is 82.6 cm³/mol. The topological polar surface area (TPSA) is 52.8 Å². The Hall–Kier alpha value is -1.36. The van der Waals surface area contributed by atoms with E-state index in [0.29, 0.717) is 35.2 Å². The SMILES string of the molecule is COc1ncnc2c1nc(CCl)n2C1CC(C)CC(C)C1. The third kappa shape index (κ3) is 2.59. The first-order valence-corrected chi connectivity index (χ1v) is 7.99. The smallest absolute Gasteiger partial charge is 0.245 e. The van der Waals surface area contributed by atoms with Gasteiger partial charge in [0, 0.05) is 6.04 Å². The number of aromatic nitrogens is 4. The molecule has 2 aromatic heterocycles. The van der Waals surface area contributed by atoms with Gasteiger partial charge in [0.1, 0.15) is 12.2 Å². The zero-order chi connectivity index (χ0) is 15.0. The fraction of sp³-hybridized carbons (Fsp3) is 0.667. The largest absolute Gasteiger partial charge is 0.479 e. The molecule has 1 fully saturated rings. The lowest BCUT2D eigenvalue weighted by atomic mass is 9.80. The van der Waals surface area contributed by atoms with Crippen molar-refractivity contribution in [3.63, 3.8) is 0 Å². The molecule has 2 heterocycles. The van der Waals surface area contributed by atoms with E-state index in [1.165, 1.54) is 12.7 Å². The van der Waals surface area contributed by atoms with Crippen molar-refractivity contribution in [3.05, 3.63) is 12.2 Å². The molecule has 0 bridgehead atoms. The maximum Gasteiger partial charge on any atom is 0.245 e. The Labute approximate surface area is 129 Å². The molecular formula is C15H21ClN4O. The normalized spacial score (nSPS) is 26.2. The summed E-state index contributed by atoms with van der Waals surface area (Å²) in [5, 5.41) is 0. The van der Waals surface area contributed by atoms with Crippen molar-refractivity contribution in [1.82, 2.24) is 19.5 Å². The molecule has 5 nitrogen and oxygen atoms in total. The number of alkyl halides is 1. The van der Waals surface area contributed by atoms with E-state index >= 15 is 0 Å². The van der Waals surface area contributed by atoms with Crippen LogP contribution < -0.4 is 4.74 Å². The van der Waals surface area contributed by atoms with E-state index in [0.717, 1.165) is 24.3 Å². The molecule has 114 valence electrons. The molecular weight excluding hydrogens is 288 g/mol. The molecule has 3 rings (SSSR count). The number of fused-ring (bicyclic) bond motifs is 1. The molecule has 6 heteroatoms. The van der Waals surface area contributed by atoms with Gasteiger partial charge in [0.05, 0.1) is 13.0 Å². The molecule has 0 saturated heterocycles. The molecule has 0 N–H and O–H groups in total. The van der Waals surface area contributed by atoms with Crippen molar-refractivity contribution >= 4 is 22.8 Å². The summed E-state index contributed by atoms with van der Waals surface area (Å²) in [6.07, 6.45) is 5.11. The molecule has 0 amide bonds. The van der Waals surface area contributed by atoms with Gasteiger partial charge in [-0.15, -0.1) is 11.6 Å². The number of nitrogens with zero attached hydrogens (tertiary/aromatic N) is 4. The van der Waals surface area contributed by atoms with Gasteiger partial charge in [-0.2, -0.15) is 4.98 Å². The van der Waals surface area contributed by atoms with Crippen LogP contribution in [0.5, 0.6) is 5.88 Å². The summed E-state index contributed by atoms with van der Waals surface area (Å²) in [5.74, 6) is 3.17. The number of hydrogen-bond acceptors (Lipinski definition) is 4. The number of hydrogen-bond donors (Lipinski definition) is 0. The predicted octanol–water partition coefficient (Wildman–Crippen LogP) is 3.57. The number of rotatable bonds is 3. The van der Waals surface area contributed by atoms with Gasteiger partial charge in [-0.05, 0) is 31.1 Å². The van der Waals surface area contributed by atoms with E-state index in [1.807, 2.05) is 0 Å². The van der Waals surface area contributed by atoms with Gasteiger partial charge in [-0.25, -0.2) is 9.97 Å². The molecule has 21 heavy (non-hydrogen) atoms. The van der Waals surface area contributed by atoms with Gasteiger partial charge in [0.25, 0.3) is 0 Å². The molecule has 0 radical (unpaired) electrons. The van der Waals surface area contributed by atoms with Crippen molar-refractivity contribution in [2.75, 3.05) is 7.11 Å². The van der Waals surface area contributed by atoms with Crippen LogP contribution in [0, 0.1) is 11.8 Å². The second-order valence-electron chi connectivity index (χ2n) is 6.16.